The number of nitrogens with one attached hydrogen (secondary N) is 1. The number of amides is 2. The Kier molecular flexibility index (Phi) is 6.86. The summed E-state index contributed by atoms with van der Waals surface area (Å²) >= 11 is 0. The smallest absolute Gasteiger partial charge is 0.433 e. The van der Waals surface area contributed by atoms with E-state index >= 15 is 0 Å². The van der Waals surface area contributed by atoms with Gasteiger partial charge in [0, 0.05) is 18.3 Å². The molecule has 33 heavy (non-hydrogen) atoms. The SMILES string of the molecule is CC(C)(C)OC(=O)N1CCC(O)[C@H]1C(=O)NCc1cc(-c2ccc(C(F)(F)F)nc2)ncn1. The Labute approximate surface area is 188 Å². The zero-order valence-electron chi connectivity index (χ0n) is 18.3. The maximum atomic E-state index is 12.7. The van der Waals surface area contributed by atoms with Crippen molar-refractivity contribution in [3.8, 4) is 11.3 Å². The fraction of sp³-hybridized carbons (Fsp3) is 0.476. The molecule has 0 aliphatic carbocycles. The van der Waals surface area contributed by atoms with E-state index in [1.165, 1.54) is 23.4 Å². The largest absolute Gasteiger partial charge is 0.444 e. The molecule has 1 aliphatic rings. The molecule has 3 heterocycles. The van der Waals surface area contributed by atoms with Gasteiger partial charge in [0.05, 0.1) is 24.0 Å². The minimum atomic E-state index is -4.54. The number of aromatic nitrogens is 3. The van der Waals surface area contributed by atoms with Crippen LogP contribution in [0.3, 0.4) is 0 Å². The molecule has 0 bridgehead atoms. The van der Waals surface area contributed by atoms with Crippen molar-refractivity contribution in [2.45, 2.75) is 57.7 Å². The third kappa shape index (κ3) is 6.15. The molecule has 0 radical (unpaired) electrons. The van der Waals surface area contributed by atoms with Crippen molar-refractivity contribution >= 4 is 12.0 Å². The summed E-state index contributed by atoms with van der Waals surface area (Å²) in [6.45, 7) is 5.22. The molecule has 2 atom stereocenters. The molecule has 9 nitrogen and oxygen atoms in total. The summed E-state index contributed by atoms with van der Waals surface area (Å²) in [5.74, 6) is -0.581. The van der Waals surface area contributed by atoms with Crippen LogP contribution in [-0.2, 0) is 22.3 Å². The Morgan fingerprint density at radius 1 is 1.21 bits per heavy atom. The molecule has 2 aromatic heterocycles. The first-order valence-electron chi connectivity index (χ1n) is 10.1. The fourth-order valence-electron chi connectivity index (χ4n) is 3.27. The van der Waals surface area contributed by atoms with E-state index in [2.05, 4.69) is 20.3 Å². The summed E-state index contributed by atoms with van der Waals surface area (Å²) in [5.41, 5.74) is -0.718. The number of carbonyl (C=O) groups is 2. The number of carbonyl (C=O) groups excluding carboxylic acids is 2. The fourth-order valence-corrected chi connectivity index (χ4v) is 3.27. The van der Waals surface area contributed by atoms with Crippen LogP contribution in [0, 0.1) is 0 Å². The Morgan fingerprint density at radius 2 is 1.94 bits per heavy atom. The van der Waals surface area contributed by atoms with E-state index in [1.54, 1.807) is 20.8 Å². The molecular formula is C21H24F3N5O4. The minimum Gasteiger partial charge on any atom is -0.444 e. The Balaban J connectivity index is 1.67. The van der Waals surface area contributed by atoms with E-state index in [0.29, 0.717) is 17.0 Å². The van der Waals surface area contributed by atoms with Crippen LogP contribution >= 0.6 is 0 Å². The molecule has 1 aliphatic heterocycles. The first kappa shape index (κ1) is 24.4. The van der Waals surface area contributed by atoms with Crippen molar-refractivity contribution in [1.29, 1.82) is 0 Å². The van der Waals surface area contributed by atoms with Crippen molar-refractivity contribution in [3.05, 3.63) is 42.1 Å². The molecule has 12 heteroatoms. The number of aliphatic hydroxyl groups excluding tert-OH is 1. The molecule has 2 aromatic rings. The second-order valence-electron chi connectivity index (χ2n) is 8.52. The van der Waals surface area contributed by atoms with Crippen molar-refractivity contribution in [1.82, 2.24) is 25.2 Å². The highest BCUT2D eigenvalue weighted by molar-refractivity contribution is 5.87. The average molecular weight is 467 g/mol. The van der Waals surface area contributed by atoms with Gasteiger partial charge in [-0.25, -0.2) is 14.8 Å². The Bertz CT molecular complexity index is 1010. The van der Waals surface area contributed by atoms with Crippen molar-refractivity contribution in [3.63, 3.8) is 0 Å². The van der Waals surface area contributed by atoms with E-state index < -0.39 is 41.6 Å². The lowest BCUT2D eigenvalue weighted by Gasteiger charge is -2.28. The predicted molar refractivity (Wildman–Crippen MR) is 109 cm³/mol. The lowest BCUT2D eigenvalue weighted by Crippen LogP contribution is -2.51. The van der Waals surface area contributed by atoms with Crippen LogP contribution in [0.1, 0.15) is 38.6 Å². The highest BCUT2D eigenvalue weighted by Gasteiger charge is 2.42. The second kappa shape index (κ2) is 9.30. The monoisotopic (exact) mass is 467 g/mol. The van der Waals surface area contributed by atoms with Crippen LogP contribution in [0.4, 0.5) is 18.0 Å². The van der Waals surface area contributed by atoms with Gasteiger partial charge in [0.25, 0.3) is 0 Å². The topological polar surface area (TPSA) is 118 Å². The Hall–Kier alpha value is -3.28. The summed E-state index contributed by atoms with van der Waals surface area (Å²) < 4.78 is 43.4. The van der Waals surface area contributed by atoms with Gasteiger partial charge in [-0.1, -0.05) is 0 Å². The number of aliphatic hydroxyl groups is 1. The van der Waals surface area contributed by atoms with E-state index in [1.807, 2.05) is 0 Å². The normalized spacial score (nSPS) is 18.8. The molecule has 1 fully saturated rings. The Morgan fingerprint density at radius 3 is 2.55 bits per heavy atom. The van der Waals surface area contributed by atoms with Gasteiger partial charge in [0.15, 0.2) is 0 Å². The van der Waals surface area contributed by atoms with Gasteiger partial charge < -0.3 is 15.2 Å². The first-order valence-corrected chi connectivity index (χ1v) is 10.1. The van der Waals surface area contributed by atoms with E-state index in [9.17, 15) is 27.9 Å². The van der Waals surface area contributed by atoms with Crippen LogP contribution in [0.2, 0.25) is 0 Å². The number of alkyl halides is 3. The van der Waals surface area contributed by atoms with Crippen molar-refractivity contribution in [2.75, 3.05) is 6.54 Å². The molecule has 0 saturated carbocycles. The summed E-state index contributed by atoms with van der Waals surface area (Å²) in [5, 5.41) is 12.8. The summed E-state index contributed by atoms with van der Waals surface area (Å²) in [6.07, 6.45) is -3.78. The van der Waals surface area contributed by atoms with Gasteiger partial charge in [-0.15, -0.1) is 0 Å². The number of likely N-dealkylation sites (tertiary alicyclic amines) is 1. The number of ether oxygens (including phenoxy) is 1. The number of rotatable bonds is 4. The summed E-state index contributed by atoms with van der Waals surface area (Å²) in [4.78, 5) is 37.8. The molecule has 2 N–H and O–H groups in total. The molecule has 178 valence electrons. The van der Waals surface area contributed by atoms with Crippen LogP contribution in [0.5, 0.6) is 0 Å². The highest BCUT2D eigenvalue weighted by Crippen LogP contribution is 2.28. The van der Waals surface area contributed by atoms with E-state index in [-0.39, 0.29) is 19.5 Å². The molecule has 2 amide bonds. The van der Waals surface area contributed by atoms with E-state index in [4.69, 9.17) is 4.74 Å². The third-order valence-electron chi connectivity index (χ3n) is 4.78. The number of hydrogen-bond acceptors (Lipinski definition) is 7. The van der Waals surface area contributed by atoms with Gasteiger partial charge >= 0.3 is 12.3 Å². The number of halogens is 3. The number of pyridine rings is 1. The van der Waals surface area contributed by atoms with Gasteiger partial charge in [-0.3, -0.25) is 14.7 Å². The molecule has 3 rings (SSSR count). The predicted octanol–water partition coefficient (Wildman–Crippen LogP) is 2.54. The molecule has 1 unspecified atom stereocenters. The second-order valence-corrected chi connectivity index (χ2v) is 8.52. The van der Waals surface area contributed by atoms with Gasteiger partial charge in [0.2, 0.25) is 5.91 Å². The zero-order valence-corrected chi connectivity index (χ0v) is 18.3. The van der Waals surface area contributed by atoms with Gasteiger partial charge in [0.1, 0.15) is 23.7 Å². The first-order chi connectivity index (χ1) is 15.3. The van der Waals surface area contributed by atoms with Crippen LogP contribution < -0.4 is 5.32 Å². The standard InChI is InChI=1S/C21H24F3N5O4/c1-20(2,3)33-19(32)29-7-6-15(30)17(29)18(31)26-10-13-8-14(28-11-27-13)12-4-5-16(25-9-12)21(22,23)24/h4-5,8-9,11,15,17,30H,6-7,10H2,1-3H3,(H,26,31)/t15?,17-/m0/s1. The van der Waals surface area contributed by atoms with Gasteiger partial charge in [-0.2, -0.15) is 13.2 Å². The number of nitrogens with zero attached hydrogens (tertiary/aromatic N) is 4. The number of hydrogen-bond donors (Lipinski definition) is 2. The minimum absolute atomic E-state index is 0.0478. The van der Waals surface area contributed by atoms with Crippen LogP contribution in [0.15, 0.2) is 30.7 Å². The average Bonchev–Trinajstić information content (AvgIpc) is 3.12. The van der Waals surface area contributed by atoms with Gasteiger partial charge in [-0.05, 0) is 45.4 Å². The maximum Gasteiger partial charge on any atom is 0.433 e. The van der Waals surface area contributed by atoms with Crippen LogP contribution in [-0.4, -0.2) is 61.3 Å². The summed E-state index contributed by atoms with van der Waals surface area (Å²) in [7, 11) is 0. The lowest BCUT2D eigenvalue weighted by molar-refractivity contribution is -0.141. The molecule has 1 saturated heterocycles. The maximum absolute atomic E-state index is 12.7. The summed E-state index contributed by atoms with van der Waals surface area (Å²) in [6, 6.07) is 2.49. The van der Waals surface area contributed by atoms with Crippen LogP contribution in [0.25, 0.3) is 11.3 Å². The highest BCUT2D eigenvalue weighted by atomic mass is 19.4. The molecular weight excluding hydrogens is 443 g/mol. The lowest BCUT2D eigenvalue weighted by atomic mass is 10.1. The zero-order chi connectivity index (χ0) is 24.4. The molecule has 0 aromatic carbocycles. The quantitative estimate of drug-likeness (QED) is 0.710. The molecule has 0 spiro atoms. The van der Waals surface area contributed by atoms with E-state index in [0.717, 1.165) is 12.3 Å². The van der Waals surface area contributed by atoms with Crippen molar-refractivity contribution in [2.24, 2.45) is 0 Å². The van der Waals surface area contributed by atoms with Crippen molar-refractivity contribution < 1.29 is 32.6 Å². The third-order valence-corrected chi connectivity index (χ3v) is 4.78.